The number of carbonyl (C=O) groups excluding carboxylic acids is 1. The van der Waals surface area contributed by atoms with E-state index >= 15 is 0 Å². The first-order valence-corrected chi connectivity index (χ1v) is 7.06. The van der Waals surface area contributed by atoms with Crippen LogP contribution in [0.2, 0.25) is 0 Å². The van der Waals surface area contributed by atoms with Crippen molar-refractivity contribution >= 4 is 11.6 Å². The molecule has 2 aliphatic rings. The number of nitrogens with one attached hydrogen (secondary N) is 3. The van der Waals surface area contributed by atoms with Crippen LogP contribution in [0.1, 0.15) is 24.5 Å². The number of amides is 1. The zero-order valence-electron chi connectivity index (χ0n) is 11.7. The first kappa shape index (κ1) is 13.6. The highest BCUT2D eigenvalue weighted by Crippen LogP contribution is 2.24. The number of anilines is 1. The number of aromatic amines is 1. The van der Waals surface area contributed by atoms with Gasteiger partial charge in [0.05, 0.1) is 0 Å². The number of H-pyrrole nitrogens is 1. The van der Waals surface area contributed by atoms with Gasteiger partial charge in [-0.3, -0.25) is 14.5 Å². The van der Waals surface area contributed by atoms with E-state index in [0.29, 0.717) is 17.4 Å². The smallest absolute Gasteiger partial charge is 0.272 e. The Morgan fingerprint density at radius 2 is 1.95 bits per heavy atom. The van der Waals surface area contributed by atoms with Gasteiger partial charge in [0.2, 0.25) is 0 Å². The summed E-state index contributed by atoms with van der Waals surface area (Å²) in [6, 6.07) is 3.73. The van der Waals surface area contributed by atoms with Gasteiger partial charge in [-0.05, 0) is 38.1 Å². The zero-order valence-corrected chi connectivity index (χ0v) is 11.7. The van der Waals surface area contributed by atoms with E-state index in [1.807, 2.05) is 6.07 Å². The Morgan fingerprint density at radius 1 is 1.19 bits per heavy atom. The Hall–Kier alpha value is -2.34. The van der Waals surface area contributed by atoms with E-state index < -0.39 is 0 Å². The molecule has 0 unspecified atom stereocenters. The first-order valence-electron chi connectivity index (χ1n) is 7.06. The maximum absolute atomic E-state index is 12.3. The summed E-state index contributed by atoms with van der Waals surface area (Å²) in [6.07, 6.45) is 4.98. The second-order valence-corrected chi connectivity index (χ2v) is 5.27. The molecule has 1 amide bonds. The number of carbonyl (C=O) groups is 1. The third kappa shape index (κ3) is 2.75. The minimum absolute atomic E-state index is 0.173. The van der Waals surface area contributed by atoms with Crippen LogP contribution in [0.4, 0.5) is 5.69 Å². The highest BCUT2D eigenvalue weighted by molar-refractivity contribution is 5.91. The number of piperidine rings is 1. The molecule has 0 aromatic carbocycles. The van der Waals surface area contributed by atoms with E-state index in [4.69, 9.17) is 0 Å². The van der Waals surface area contributed by atoms with Gasteiger partial charge < -0.3 is 15.6 Å². The van der Waals surface area contributed by atoms with E-state index in [1.54, 1.807) is 17.2 Å². The minimum Gasteiger partial charge on any atom is -0.324 e. The molecule has 1 saturated heterocycles. The Labute approximate surface area is 122 Å². The van der Waals surface area contributed by atoms with Crippen LogP contribution in [-0.4, -0.2) is 24.0 Å². The molecule has 1 aromatic rings. The molecular weight excluding hydrogens is 268 g/mol. The first-order chi connectivity index (χ1) is 10.1. The van der Waals surface area contributed by atoms with Crippen molar-refractivity contribution in [3.63, 3.8) is 0 Å². The zero-order chi connectivity index (χ0) is 14.8. The molecule has 21 heavy (non-hydrogen) atoms. The van der Waals surface area contributed by atoms with Crippen LogP contribution in [0, 0.1) is 0 Å². The lowest BCUT2D eigenvalue weighted by atomic mass is 9.94. The summed E-state index contributed by atoms with van der Waals surface area (Å²) in [5, 5.41) is 5.89. The fourth-order valence-electron chi connectivity index (χ4n) is 2.74. The Balaban J connectivity index is 1.88. The predicted molar refractivity (Wildman–Crippen MR) is 80.8 cm³/mol. The van der Waals surface area contributed by atoms with Crippen molar-refractivity contribution in [1.82, 2.24) is 15.6 Å². The molecule has 0 bridgehead atoms. The summed E-state index contributed by atoms with van der Waals surface area (Å²) in [6.45, 7) is 5.71. The number of pyridine rings is 1. The molecule has 6 heteroatoms. The molecule has 0 atom stereocenters. The summed E-state index contributed by atoms with van der Waals surface area (Å²) in [7, 11) is 0. The summed E-state index contributed by atoms with van der Waals surface area (Å²) in [5.74, 6) is 0.537. The topological polar surface area (TPSA) is 77.2 Å². The van der Waals surface area contributed by atoms with E-state index in [9.17, 15) is 9.59 Å². The number of aromatic nitrogens is 1. The van der Waals surface area contributed by atoms with Gasteiger partial charge in [0.25, 0.3) is 11.5 Å². The summed E-state index contributed by atoms with van der Waals surface area (Å²) < 4.78 is 0. The average molecular weight is 286 g/mol. The van der Waals surface area contributed by atoms with Crippen molar-refractivity contribution in [1.29, 1.82) is 0 Å². The Kier molecular flexibility index (Phi) is 3.62. The lowest BCUT2D eigenvalue weighted by Gasteiger charge is -2.26. The quantitative estimate of drug-likeness (QED) is 0.750. The van der Waals surface area contributed by atoms with Crippen LogP contribution < -0.4 is 21.1 Å². The predicted octanol–water partition coefficient (Wildman–Crippen LogP) is 0.763. The summed E-state index contributed by atoms with van der Waals surface area (Å²) in [4.78, 5) is 28.1. The SMILES string of the molecule is C=C1NC(=O)C=CN1c1ccc(C2CCNCC2)[nH]c1=O. The molecule has 0 radical (unpaired) electrons. The molecule has 0 aliphatic carbocycles. The highest BCUT2D eigenvalue weighted by Gasteiger charge is 2.20. The molecule has 3 N–H and O–H groups in total. The fourth-order valence-corrected chi connectivity index (χ4v) is 2.74. The van der Waals surface area contributed by atoms with E-state index in [1.165, 1.54) is 6.08 Å². The molecule has 1 aromatic heterocycles. The molecular formula is C15H18N4O2. The van der Waals surface area contributed by atoms with Crippen LogP contribution in [0.5, 0.6) is 0 Å². The van der Waals surface area contributed by atoms with Crippen LogP contribution in [0.15, 0.2) is 41.6 Å². The van der Waals surface area contributed by atoms with Crippen LogP contribution >= 0.6 is 0 Å². The third-order valence-corrected chi connectivity index (χ3v) is 3.88. The van der Waals surface area contributed by atoms with Crippen LogP contribution in [0.25, 0.3) is 0 Å². The van der Waals surface area contributed by atoms with Gasteiger partial charge in [0, 0.05) is 23.9 Å². The third-order valence-electron chi connectivity index (χ3n) is 3.88. The van der Waals surface area contributed by atoms with Crippen molar-refractivity contribution in [3.8, 4) is 0 Å². The maximum atomic E-state index is 12.3. The number of nitrogens with zero attached hydrogens (tertiary/aromatic N) is 1. The lowest BCUT2D eigenvalue weighted by molar-refractivity contribution is -0.116. The lowest BCUT2D eigenvalue weighted by Crippen LogP contribution is -2.37. The van der Waals surface area contributed by atoms with E-state index in [-0.39, 0.29) is 11.5 Å². The van der Waals surface area contributed by atoms with Gasteiger partial charge in [-0.25, -0.2) is 0 Å². The summed E-state index contributed by atoms with van der Waals surface area (Å²) >= 11 is 0. The second kappa shape index (κ2) is 5.57. The average Bonchev–Trinajstić information content (AvgIpc) is 2.49. The molecule has 3 heterocycles. The molecule has 2 aliphatic heterocycles. The Bertz CT molecular complexity index is 656. The molecule has 1 fully saturated rings. The minimum atomic E-state index is -0.237. The number of hydrogen-bond donors (Lipinski definition) is 3. The molecule has 110 valence electrons. The molecule has 0 saturated carbocycles. The number of hydrogen-bond acceptors (Lipinski definition) is 4. The van der Waals surface area contributed by atoms with Crippen LogP contribution in [0.3, 0.4) is 0 Å². The largest absolute Gasteiger partial charge is 0.324 e. The van der Waals surface area contributed by atoms with Crippen molar-refractivity contribution in [2.75, 3.05) is 18.0 Å². The monoisotopic (exact) mass is 286 g/mol. The van der Waals surface area contributed by atoms with Gasteiger partial charge >= 0.3 is 0 Å². The molecule has 0 spiro atoms. The van der Waals surface area contributed by atoms with Gasteiger partial charge in [0.15, 0.2) is 0 Å². The van der Waals surface area contributed by atoms with Gasteiger partial charge in [-0.15, -0.1) is 0 Å². The van der Waals surface area contributed by atoms with Crippen LogP contribution in [-0.2, 0) is 4.79 Å². The van der Waals surface area contributed by atoms with Gasteiger partial charge in [-0.2, -0.15) is 0 Å². The second-order valence-electron chi connectivity index (χ2n) is 5.27. The fraction of sp³-hybridized carbons (Fsp3) is 0.333. The molecule has 3 rings (SSSR count). The van der Waals surface area contributed by atoms with Gasteiger partial charge in [0.1, 0.15) is 11.5 Å². The van der Waals surface area contributed by atoms with Crippen molar-refractivity contribution in [2.45, 2.75) is 18.8 Å². The van der Waals surface area contributed by atoms with Crippen molar-refractivity contribution < 1.29 is 4.79 Å². The maximum Gasteiger partial charge on any atom is 0.272 e. The summed E-state index contributed by atoms with van der Waals surface area (Å²) in [5.41, 5.74) is 1.25. The number of rotatable bonds is 2. The van der Waals surface area contributed by atoms with E-state index in [0.717, 1.165) is 31.6 Å². The normalized spacial score (nSPS) is 19.7. The Morgan fingerprint density at radius 3 is 2.62 bits per heavy atom. The van der Waals surface area contributed by atoms with E-state index in [2.05, 4.69) is 22.2 Å². The van der Waals surface area contributed by atoms with Crippen molar-refractivity contribution in [3.05, 3.63) is 52.9 Å². The van der Waals surface area contributed by atoms with Gasteiger partial charge in [-0.1, -0.05) is 6.58 Å². The standard InChI is InChI=1S/C15H18N4O2/c1-10-17-14(20)6-9-19(10)13-3-2-12(18-15(13)21)11-4-7-16-8-5-11/h2-3,6,9,11,16H,1,4-5,7-8H2,(H,17,20)(H,18,21). The highest BCUT2D eigenvalue weighted by atomic mass is 16.2. The van der Waals surface area contributed by atoms with Crippen molar-refractivity contribution in [2.24, 2.45) is 0 Å². The molecule has 6 nitrogen and oxygen atoms in total.